The highest BCUT2D eigenvalue weighted by molar-refractivity contribution is 5.94. The van der Waals surface area contributed by atoms with E-state index in [1.807, 2.05) is 33.2 Å². The van der Waals surface area contributed by atoms with Gasteiger partial charge in [-0.05, 0) is 51.7 Å². The van der Waals surface area contributed by atoms with Gasteiger partial charge in [-0.15, -0.1) is 0 Å². The van der Waals surface area contributed by atoms with Gasteiger partial charge in [-0.3, -0.25) is 4.79 Å². The minimum Gasteiger partial charge on any atom is -0.395 e. The number of carbonyl (C=O) groups excluding carboxylic acids is 1. The molecule has 1 aromatic carbocycles. The SMILES string of the molecule is Cc1cc(C#CCCO)cc(C(=O)NCC(C)N(C)C)c1. The van der Waals surface area contributed by atoms with Crippen LogP contribution in [0.5, 0.6) is 0 Å². The highest BCUT2D eigenvalue weighted by Gasteiger charge is 2.10. The first-order valence-corrected chi connectivity index (χ1v) is 7.10. The molecule has 0 saturated carbocycles. The summed E-state index contributed by atoms with van der Waals surface area (Å²) in [7, 11) is 3.97. The zero-order valence-electron chi connectivity index (χ0n) is 13.2. The molecule has 21 heavy (non-hydrogen) atoms. The van der Waals surface area contributed by atoms with Crippen LogP contribution in [0.4, 0.5) is 0 Å². The Kier molecular flexibility index (Phi) is 6.93. The molecule has 1 amide bonds. The Balaban J connectivity index is 2.78. The smallest absolute Gasteiger partial charge is 0.251 e. The molecule has 2 N–H and O–H groups in total. The van der Waals surface area contributed by atoms with E-state index in [4.69, 9.17) is 5.11 Å². The number of hydrogen-bond acceptors (Lipinski definition) is 3. The molecule has 0 aliphatic heterocycles. The summed E-state index contributed by atoms with van der Waals surface area (Å²) < 4.78 is 0. The summed E-state index contributed by atoms with van der Waals surface area (Å²) in [6, 6.07) is 5.85. The Morgan fingerprint density at radius 3 is 2.71 bits per heavy atom. The van der Waals surface area contributed by atoms with Gasteiger partial charge in [0.25, 0.3) is 5.91 Å². The summed E-state index contributed by atoms with van der Waals surface area (Å²) in [6.07, 6.45) is 0.440. The van der Waals surface area contributed by atoms with Gasteiger partial charge in [-0.25, -0.2) is 0 Å². The number of rotatable bonds is 5. The van der Waals surface area contributed by atoms with Crippen molar-refractivity contribution >= 4 is 5.91 Å². The maximum atomic E-state index is 12.2. The Hall–Kier alpha value is -1.83. The van der Waals surface area contributed by atoms with E-state index in [0.717, 1.165) is 11.1 Å². The van der Waals surface area contributed by atoms with Gasteiger partial charge >= 0.3 is 0 Å². The van der Waals surface area contributed by atoms with Gasteiger partial charge in [0.15, 0.2) is 0 Å². The normalized spacial score (nSPS) is 11.7. The maximum absolute atomic E-state index is 12.2. The van der Waals surface area contributed by atoms with E-state index in [-0.39, 0.29) is 18.6 Å². The van der Waals surface area contributed by atoms with Crippen molar-refractivity contribution in [3.05, 3.63) is 34.9 Å². The second-order valence-electron chi connectivity index (χ2n) is 5.39. The van der Waals surface area contributed by atoms with E-state index in [0.29, 0.717) is 18.5 Å². The molecular formula is C17H24N2O2. The van der Waals surface area contributed by atoms with Crippen molar-refractivity contribution in [2.24, 2.45) is 0 Å². The zero-order chi connectivity index (χ0) is 15.8. The molecule has 0 radical (unpaired) electrons. The molecule has 4 heteroatoms. The molecule has 1 atom stereocenters. The van der Waals surface area contributed by atoms with Crippen molar-refractivity contribution in [3.63, 3.8) is 0 Å². The van der Waals surface area contributed by atoms with Crippen LogP contribution in [0.15, 0.2) is 18.2 Å². The number of aliphatic hydroxyl groups is 1. The van der Waals surface area contributed by atoms with Gasteiger partial charge in [0.2, 0.25) is 0 Å². The number of benzene rings is 1. The summed E-state index contributed by atoms with van der Waals surface area (Å²) >= 11 is 0. The number of amides is 1. The molecular weight excluding hydrogens is 264 g/mol. The monoisotopic (exact) mass is 288 g/mol. The lowest BCUT2D eigenvalue weighted by molar-refractivity contribution is 0.0943. The standard InChI is InChI=1S/C17H24N2O2/c1-13-9-15(7-5-6-8-20)11-16(10-13)17(21)18-12-14(2)19(3)4/h9-11,14,20H,6,8,12H2,1-4H3,(H,18,21). The summed E-state index contributed by atoms with van der Waals surface area (Å²) in [4.78, 5) is 14.2. The van der Waals surface area contributed by atoms with E-state index in [1.54, 1.807) is 6.07 Å². The van der Waals surface area contributed by atoms with Gasteiger partial charge < -0.3 is 15.3 Å². The molecule has 1 rings (SSSR count). The van der Waals surface area contributed by atoms with Crippen molar-refractivity contribution in [2.45, 2.75) is 26.3 Å². The van der Waals surface area contributed by atoms with Gasteiger partial charge in [-0.1, -0.05) is 11.8 Å². The number of aryl methyl sites for hydroxylation is 1. The second kappa shape index (κ2) is 8.46. The topological polar surface area (TPSA) is 52.6 Å². The van der Waals surface area contributed by atoms with Crippen LogP contribution in [-0.4, -0.2) is 49.2 Å². The molecule has 1 unspecified atom stereocenters. The Bertz CT molecular complexity index is 541. The molecule has 0 aliphatic carbocycles. The quantitative estimate of drug-likeness (QED) is 0.806. The summed E-state index contributed by atoms with van der Waals surface area (Å²) in [5.41, 5.74) is 2.42. The lowest BCUT2D eigenvalue weighted by Gasteiger charge is -2.20. The Labute approximate surface area is 127 Å². The first-order valence-electron chi connectivity index (χ1n) is 7.10. The predicted molar refractivity (Wildman–Crippen MR) is 85.2 cm³/mol. The van der Waals surface area contributed by atoms with Crippen molar-refractivity contribution in [2.75, 3.05) is 27.2 Å². The number of aliphatic hydroxyl groups excluding tert-OH is 1. The number of hydrogen-bond donors (Lipinski definition) is 2. The van der Waals surface area contributed by atoms with Crippen LogP contribution in [0.2, 0.25) is 0 Å². The third kappa shape index (κ3) is 5.99. The maximum Gasteiger partial charge on any atom is 0.251 e. The largest absolute Gasteiger partial charge is 0.395 e. The fourth-order valence-electron chi connectivity index (χ4n) is 1.73. The van der Waals surface area contributed by atoms with Crippen LogP contribution < -0.4 is 5.32 Å². The lowest BCUT2D eigenvalue weighted by Crippen LogP contribution is -2.38. The van der Waals surface area contributed by atoms with Crippen molar-refractivity contribution < 1.29 is 9.90 Å². The van der Waals surface area contributed by atoms with Crippen LogP contribution in [0.1, 0.15) is 34.8 Å². The Morgan fingerprint density at radius 1 is 1.38 bits per heavy atom. The molecule has 0 bridgehead atoms. The van der Waals surface area contributed by atoms with Gasteiger partial charge in [0.05, 0.1) is 6.61 Å². The van der Waals surface area contributed by atoms with E-state index in [9.17, 15) is 4.79 Å². The van der Waals surface area contributed by atoms with Crippen LogP contribution in [-0.2, 0) is 0 Å². The van der Waals surface area contributed by atoms with E-state index < -0.39 is 0 Å². The first-order chi connectivity index (χ1) is 9.93. The predicted octanol–water partition coefficient (Wildman–Crippen LogP) is 1.41. The van der Waals surface area contributed by atoms with E-state index >= 15 is 0 Å². The van der Waals surface area contributed by atoms with Crippen LogP contribution >= 0.6 is 0 Å². The molecule has 0 heterocycles. The summed E-state index contributed by atoms with van der Waals surface area (Å²) in [5.74, 6) is 5.75. The van der Waals surface area contributed by atoms with E-state index in [2.05, 4.69) is 29.0 Å². The molecule has 0 aliphatic rings. The molecule has 0 saturated heterocycles. The number of nitrogens with one attached hydrogen (secondary N) is 1. The fourth-order valence-corrected chi connectivity index (χ4v) is 1.73. The van der Waals surface area contributed by atoms with Gasteiger partial charge in [0, 0.05) is 30.1 Å². The van der Waals surface area contributed by atoms with E-state index in [1.165, 1.54) is 0 Å². The molecule has 4 nitrogen and oxygen atoms in total. The second-order valence-corrected chi connectivity index (χ2v) is 5.39. The number of likely N-dealkylation sites (N-methyl/N-ethyl adjacent to an activating group) is 1. The number of nitrogens with zero attached hydrogens (tertiary/aromatic N) is 1. The third-order valence-corrected chi connectivity index (χ3v) is 3.25. The average Bonchev–Trinajstić information content (AvgIpc) is 2.43. The minimum absolute atomic E-state index is 0.0502. The highest BCUT2D eigenvalue weighted by Crippen LogP contribution is 2.09. The fraction of sp³-hybridized carbons (Fsp3) is 0.471. The molecule has 114 valence electrons. The molecule has 1 aromatic rings. The van der Waals surface area contributed by atoms with Crippen LogP contribution in [0.25, 0.3) is 0 Å². The number of carbonyl (C=O) groups is 1. The minimum atomic E-state index is -0.0855. The molecule has 0 fully saturated rings. The van der Waals surface area contributed by atoms with Gasteiger partial charge in [0.1, 0.15) is 0 Å². The molecule has 0 aromatic heterocycles. The van der Waals surface area contributed by atoms with Crippen LogP contribution in [0.3, 0.4) is 0 Å². The van der Waals surface area contributed by atoms with Crippen molar-refractivity contribution in [1.82, 2.24) is 10.2 Å². The van der Waals surface area contributed by atoms with Crippen molar-refractivity contribution in [1.29, 1.82) is 0 Å². The summed E-state index contributed by atoms with van der Waals surface area (Å²) in [5, 5.41) is 11.7. The van der Waals surface area contributed by atoms with Crippen LogP contribution in [0, 0.1) is 18.8 Å². The third-order valence-electron chi connectivity index (χ3n) is 3.25. The molecule has 0 spiro atoms. The average molecular weight is 288 g/mol. The highest BCUT2D eigenvalue weighted by atomic mass is 16.2. The van der Waals surface area contributed by atoms with Gasteiger partial charge in [-0.2, -0.15) is 0 Å². The zero-order valence-corrected chi connectivity index (χ0v) is 13.2. The Morgan fingerprint density at radius 2 is 2.10 bits per heavy atom. The van der Waals surface area contributed by atoms with Crippen molar-refractivity contribution in [3.8, 4) is 11.8 Å². The summed E-state index contributed by atoms with van der Waals surface area (Å²) in [6.45, 7) is 4.65. The first kappa shape index (κ1) is 17.2. The lowest BCUT2D eigenvalue weighted by atomic mass is 10.1.